The topological polar surface area (TPSA) is 23.6 Å². The molecule has 2 aliphatic rings. The summed E-state index contributed by atoms with van der Waals surface area (Å²) >= 11 is 0. The SMILES string of the molecule is CCC(C)N1CCC(N2CCC(C(=O)C(C)(CC)CC)CC2)CC1. The van der Waals surface area contributed by atoms with Gasteiger partial charge in [0.15, 0.2) is 0 Å². The standard InChI is InChI=1S/C21H40N2O/c1-6-17(4)22-15-11-19(12-16-22)23-13-9-18(10-14-23)20(24)21(5,7-2)8-3/h17-19H,6-16H2,1-5H3. The Morgan fingerprint density at radius 2 is 1.54 bits per heavy atom. The van der Waals surface area contributed by atoms with E-state index in [-0.39, 0.29) is 5.41 Å². The number of carbonyl (C=O) groups is 1. The molecule has 3 nitrogen and oxygen atoms in total. The van der Waals surface area contributed by atoms with Crippen molar-refractivity contribution in [3.63, 3.8) is 0 Å². The highest BCUT2D eigenvalue weighted by Gasteiger charge is 2.37. The summed E-state index contributed by atoms with van der Waals surface area (Å²) < 4.78 is 0. The van der Waals surface area contributed by atoms with Crippen molar-refractivity contribution in [1.29, 1.82) is 0 Å². The van der Waals surface area contributed by atoms with E-state index >= 15 is 0 Å². The van der Waals surface area contributed by atoms with Crippen LogP contribution in [0.5, 0.6) is 0 Å². The van der Waals surface area contributed by atoms with Crippen LogP contribution >= 0.6 is 0 Å². The number of ketones is 1. The minimum Gasteiger partial charge on any atom is -0.301 e. The summed E-state index contributed by atoms with van der Waals surface area (Å²) in [5.74, 6) is 0.852. The fourth-order valence-corrected chi connectivity index (χ4v) is 4.57. The zero-order valence-corrected chi connectivity index (χ0v) is 16.8. The van der Waals surface area contributed by atoms with Gasteiger partial charge in [0.25, 0.3) is 0 Å². The lowest BCUT2D eigenvalue weighted by atomic mass is 9.73. The van der Waals surface area contributed by atoms with Crippen LogP contribution in [-0.2, 0) is 4.79 Å². The molecule has 2 rings (SSSR count). The van der Waals surface area contributed by atoms with Gasteiger partial charge in [-0.2, -0.15) is 0 Å². The van der Waals surface area contributed by atoms with Gasteiger partial charge in [-0.25, -0.2) is 0 Å². The van der Waals surface area contributed by atoms with Crippen molar-refractivity contribution in [2.75, 3.05) is 26.2 Å². The number of nitrogens with zero attached hydrogens (tertiary/aromatic N) is 2. The van der Waals surface area contributed by atoms with Gasteiger partial charge in [0.05, 0.1) is 0 Å². The molecule has 0 N–H and O–H groups in total. The van der Waals surface area contributed by atoms with E-state index in [9.17, 15) is 4.79 Å². The highest BCUT2D eigenvalue weighted by molar-refractivity contribution is 5.86. The van der Waals surface area contributed by atoms with E-state index in [4.69, 9.17) is 0 Å². The van der Waals surface area contributed by atoms with Gasteiger partial charge in [0, 0.05) is 23.4 Å². The highest BCUT2D eigenvalue weighted by Crippen LogP contribution is 2.34. The third-order valence-corrected chi connectivity index (χ3v) is 7.29. The third-order valence-electron chi connectivity index (χ3n) is 7.29. The predicted octanol–water partition coefficient (Wildman–Crippen LogP) is 4.36. The zero-order valence-electron chi connectivity index (χ0n) is 16.8. The molecule has 0 spiro atoms. The van der Waals surface area contributed by atoms with Crippen molar-refractivity contribution in [1.82, 2.24) is 9.80 Å². The van der Waals surface area contributed by atoms with Gasteiger partial charge in [-0.1, -0.05) is 27.7 Å². The van der Waals surface area contributed by atoms with Gasteiger partial charge in [0.1, 0.15) is 5.78 Å². The van der Waals surface area contributed by atoms with Gasteiger partial charge < -0.3 is 9.80 Å². The molecule has 0 aromatic rings. The first-order chi connectivity index (χ1) is 11.4. The van der Waals surface area contributed by atoms with Crippen LogP contribution in [0, 0.1) is 11.3 Å². The number of piperidine rings is 2. The summed E-state index contributed by atoms with van der Waals surface area (Å²) in [4.78, 5) is 18.2. The van der Waals surface area contributed by atoms with E-state index in [1.54, 1.807) is 0 Å². The summed E-state index contributed by atoms with van der Waals surface area (Å²) in [6, 6.07) is 1.49. The fraction of sp³-hybridized carbons (Fsp3) is 0.952. The number of carbonyl (C=O) groups excluding carboxylic acids is 1. The average Bonchev–Trinajstić information content (AvgIpc) is 2.66. The first kappa shape index (κ1) is 19.9. The van der Waals surface area contributed by atoms with Crippen LogP contribution in [0.1, 0.15) is 79.6 Å². The lowest BCUT2D eigenvalue weighted by molar-refractivity contribution is -0.134. The van der Waals surface area contributed by atoms with Crippen LogP contribution in [0.25, 0.3) is 0 Å². The maximum atomic E-state index is 12.9. The molecule has 0 aliphatic carbocycles. The maximum absolute atomic E-state index is 12.9. The minimum absolute atomic E-state index is 0.0888. The van der Waals surface area contributed by atoms with Crippen molar-refractivity contribution in [3.8, 4) is 0 Å². The van der Waals surface area contributed by atoms with Gasteiger partial charge in [-0.05, 0) is 78.0 Å². The quantitative estimate of drug-likeness (QED) is 0.690. The first-order valence-electron chi connectivity index (χ1n) is 10.5. The highest BCUT2D eigenvalue weighted by atomic mass is 16.1. The predicted molar refractivity (Wildman–Crippen MR) is 102 cm³/mol. The molecule has 140 valence electrons. The molecule has 1 unspecified atom stereocenters. The van der Waals surface area contributed by atoms with Crippen molar-refractivity contribution in [3.05, 3.63) is 0 Å². The number of hydrogen-bond acceptors (Lipinski definition) is 3. The molecule has 0 bridgehead atoms. The average molecular weight is 337 g/mol. The first-order valence-corrected chi connectivity index (χ1v) is 10.5. The molecule has 2 saturated heterocycles. The number of hydrogen-bond donors (Lipinski definition) is 0. The van der Waals surface area contributed by atoms with Crippen LogP contribution in [0.4, 0.5) is 0 Å². The minimum atomic E-state index is -0.0888. The molecule has 0 amide bonds. The molecule has 3 heteroatoms. The van der Waals surface area contributed by atoms with Crippen LogP contribution in [0.3, 0.4) is 0 Å². The molecule has 2 fully saturated rings. The summed E-state index contributed by atoms with van der Waals surface area (Å²) in [6.45, 7) is 15.9. The van der Waals surface area contributed by atoms with Crippen molar-refractivity contribution in [2.24, 2.45) is 11.3 Å². The number of likely N-dealkylation sites (tertiary alicyclic amines) is 2. The smallest absolute Gasteiger partial charge is 0.141 e. The zero-order chi connectivity index (χ0) is 17.7. The second-order valence-electron chi connectivity index (χ2n) is 8.47. The summed E-state index contributed by atoms with van der Waals surface area (Å²) in [7, 11) is 0. The molecule has 0 aromatic carbocycles. The Hall–Kier alpha value is -0.410. The van der Waals surface area contributed by atoms with Gasteiger partial charge in [-0.3, -0.25) is 4.79 Å². The van der Waals surface area contributed by atoms with Gasteiger partial charge in [-0.15, -0.1) is 0 Å². The normalized spacial score (nSPS) is 24.2. The second kappa shape index (κ2) is 8.80. The lowest BCUT2D eigenvalue weighted by Gasteiger charge is -2.43. The number of rotatable bonds is 7. The molecule has 2 heterocycles. The summed E-state index contributed by atoms with van der Waals surface area (Å²) in [5, 5.41) is 0. The van der Waals surface area contributed by atoms with E-state index in [0.717, 1.165) is 50.9 Å². The second-order valence-corrected chi connectivity index (χ2v) is 8.47. The maximum Gasteiger partial charge on any atom is 0.141 e. The van der Waals surface area contributed by atoms with E-state index < -0.39 is 0 Å². The lowest BCUT2D eigenvalue weighted by Crippen LogP contribution is -2.50. The van der Waals surface area contributed by atoms with Crippen molar-refractivity contribution in [2.45, 2.75) is 91.6 Å². The molecule has 0 aromatic heterocycles. The molecule has 2 aliphatic heterocycles. The summed E-state index contributed by atoms with van der Waals surface area (Å²) in [6.07, 6.45) is 8.01. The Bertz CT molecular complexity index is 389. The van der Waals surface area contributed by atoms with Crippen LogP contribution in [0.15, 0.2) is 0 Å². The Morgan fingerprint density at radius 1 is 1.00 bits per heavy atom. The molecule has 1 atom stereocenters. The Morgan fingerprint density at radius 3 is 2.00 bits per heavy atom. The fourth-order valence-electron chi connectivity index (χ4n) is 4.57. The summed E-state index contributed by atoms with van der Waals surface area (Å²) in [5.41, 5.74) is -0.0888. The number of Topliss-reactive ketones (excluding diaryl/α,β-unsaturated/α-hetero) is 1. The van der Waals surface area contributed by atoms with Crippen LogP contribution in [0.2, 0.25) is 0 Å². The van der Waals surface area contributed by atoms with E-state index in [2.05, 4.69) is 44.4 Å². The van der Waals surface area contributed by atoms with E-state index in [0.29, 0.717) is 11.7 Å². The molecular weight excluding hydrogens is 296 g/mol. The molecule has 0 saturated carbocycles. The van der Waals surface area contributed by atoms with E-state index in [1.807, 2.05) is 0 Å². The van der Waals surface area contributed by atoms with E-state index in [1.165, 1.54) is 32.4 Å². The Balaban J connectivity index is 1.80. The van der Waals surface area contributed by atoms with Gasteiger partial charge in [0.2, 0.25) is 0 Å². The van der Waals surface area contributed by atoms with Crippen molar-refractivity contribution >= 4 is 5.78 Å². The van der Waals surface area contributed by atoms with Gasteiger partial charge >= 0.3 is 0 Å². The monoisotopic (exact) mass is 336 g/mol. The van der Waals surface area contributed by atoms with Crippen LogP contribution in [-0.4, -0.2) is 53.8 Å². The molecular formula is C21H40N2O. The van der Waals surface area contributed by atoms with Crippen LogP contribution < -0.4 is 0 Å². The third kappa shape index (κ3) is 4.40. The molecule has 24 heavy (non-hydrogen) atoms. The Labute approximate surface area is 150 Å². The molecule has 0 radical (unpaired) electrons. The van der Waals surface area contributed by atoms with Crippen molar-refractivity contribution < 1.29 is 4.79 Å². The largest absolute Gasteiger partial charge is 0.301 e. The Kier molecular flexibility index (Phi) is 7.30.